The summed E-state index contributed by atoms with van der Waals surface area (Å²) in [5.74, 6) is 1.34. The van der Waals surface area contributed by atoms with E-state index in [0.29, 0.717) is 23.7 Å². The first-order chi connectivity index (χ1) is 14.4. The van der Waals surface area contributed by atoms with Gasteiger partial charge in [-0.2, -0.15) is 0 Å². The van der Waals surface area contributed by atoms with Gasteiger partial charge in [0.15, 0.2) is 18.1 Å². The molecule has 2 aromatic carbocycles. The zero-order valence-electron chi connectivity index (χ0n) is 17.3. The lowest BCUT2D eigenvalue weighted by molar-refractivity contribution is -0.119. The summed E-state index contributed by atoms with van der Waals surface area (Å²) in [5, 5.41) is 2.89. The first-order valence-corrected chi connectivity index (χ1v) is 9.73. The summed E-state index contributed by atoms with van der Waals surface area (Å²) in [5.41, 5.74) is 7.43. The van der Waals surface area contributed by atoms with Crippen LogP contribution in [-0.2, 0) is 17.8 Å². The van der Waals surface area contributed by atoms with Crippen molar-refractivity contribution in [3.8, 4) is 23.0 Å². The van der Waals surface area contributed by atoms with Gasteiger partial charge in [0.25, 0.3) is 11.8 Å². The molecule has 8 heteroatoms. The maximum atomic E-state index is 12.7. The van der Waals surface area contributed by atoms with Gasteiger partial charge in [-0.3, -0.25) is 9.59 Å². The fraction of sp³-hybridized carbons (Fsp3) is 0.364. The number of hydrogen-bond acceptors (Lipinski definition) is 6. The fourth-order valence-corrected chi connectivity index (χ4v) is 3.26. The summed E-state index contributed by atoms with van der Waals surface area (Å²) in [6, 6.07) is 8.60. The summed E-state index contributed by atoms with van der Waals surface area (Å²) in [7, 11) is 1.45. The monoisotopic (exact) mass is 414 g/mol. The molecule has 0 unspecified atom stereocenters. The van der Waals surface area contributed by atoms with Gasteiger partial charge in [0.2, 0.25) is 0 Å². The topological polar surface area (TPSA) is 109 Å². The molecule has 30 heavy (non-hydrogen) atoms. The third kappa shape index (κ3) is 4.94. The van der Waals surface area contributed by atoms with Crippen molar-refractivity contribution in [2.45, 2.75) is 32.9 Å². The number of nitrogens with two attached hydrogens (primary N) is 1. The van der Waals surface area contributed by atoms with E-state index in [9.17, 15) is 9.59 Å². The lowest BCUT2D eigenvalue weighted by atomic mass is 10.1. The number of nitrogens with one attached hydrogen (secondary N) is 1. The van der Waals surface area contributed by atoms with Crippen molar-refractivity contribution in [3.63, 3.8) is 0 Å². The maximum Gasteiger partial charge on any atom is 0.255 e. The predicted octanol–water partition coefficient (Wildman–Crippen LogP) is 2.21. The Morgan fingerprint density at radius 3 is 2.67 bits per heavy atom. The predicted molar refractivity (Wildman–Crippen MR) is 110 cm³/mol. The Labute approximate surface area is 175 Å². The largest absolute Gasteiger partial charge is 0.494 e. The maximum absolute atomic E-state index is 12.7. The molecule has 0 fully saturated rings. The van der Waals surface area contributed by atoms with Gasteiger partial charge in [-0.15, -0.1) is 0 Å². The molecule has 8 nitrogen and oxygen atoms in total. The number of benzene rings is 2. The highest BCUT2D eigenvalue weighted by molar-refractivity contribution is 5.94. The van der Waals surface area contributed by atoms with E-state index in [4.69, 9.17) is 24.7 Å². The normalized spacial score (nSPS) is 14.4. The van der Waals surface area contributed by atoms with Crippen LogP contribution in [-0.4, -0.2) is 38.2 Å². The zero-order valence-corrected chi connectivity index (χ0v) is 17.3. The Balaban J connectivity index is 1.72. The highest BCUT2D eigenvalue weighted by Crippen LogP contribution is 2.35. The second-order valence-corrected chi connectivity index (χ2v) is 6.94. The third-order valence-corrected chi connectivity index (χ3v) is 4.61. The minimum Gasteiger partial charge on any atom is -0.494 e. The van der Waals surface area contributed by atoms with Crippen LogP contribution >= 0.6 is 0 Å². The number of ether oxygens (including phenoxy) is 4. The van der Waals surface area contributed by atoms with Gasteiger partial charge in [-0.25, -0.2) is 0 Å². The molecule has 0 bridgehead atoms. The Hall–Kier alpha value is -3.42. The van der Waals surface area contributed by atoms with E-state index in [2.05, 4.69) is 5.32 Å². The van der Waals surface area contributed by atoms with Crippen molar-refractivity contribution in [3.05, 3.63) is 47.0 Å². The molecular weight excluding hydrogens is 388 g/mol. The van der Waals surface area contributed by atoms with Crippen LogP contribution < -0.4 is 30.0 Å². The summed E-state index contributed by atoms with van der Waals surface area (Å²) in [6.45, 7) is 4.47. The smallest absolute Gasteiger partial charge is 0.255 e. The molecule has 2 amide bonds. The van der Waals surface area contributed by atoms with E-state index in [1.165, 1.54) is 7.11 Å². The van der Waals surface area contributed by atoms with Crippen LogP contribution in [0, 0.1) is 0 Å². The number of methoxy groups -OCH3 is 1. The van der Waals surface area contributed by atoms with Crippen LogP contribution in [0.4, 0.5) is 0 Å². The standard InChI is InChI=1S/C22H26N2O6/c1-4-28-18-9-15-7-13(2)30-19(15)10-16(18)11-24-22(26)14-5-6-17(20(8-14)27-3)29-12-21(23)25/h5-6,8-10,13H,4,7,11-12H2,1-3H3,(H2,23,25)(H,24,26)/t13-/m1/s1. The van der Waals surface area contributed by atoms with Crippen LogP contribution in [0.25, 0.3) is 0 Å². The van der Waals surface area contributed by atoms with Crippen LogP contribution in [0.2, 0.25) is 0 Å². The van der Waals surface area contributed by atoms with Crippen LogP contribution in [0.15, 0.2) is 30.3 Å². The van der Waals surface area contributed by atoms with E-state index < -0.39 is 5.91 Å². The van der Waals surface area contributed by atoms with Crippen LogP contribution in [0.1, 0.15) is 35.3 Å². The van der Waals surface area contributed by atoms with Gasteiger partial charge in [0.05, 0.1) is 13.7 Å². The van der Waals surface area contributed by atoms with Crippen molar-refractivity contribution in [2.75, 3.05) is 20.3 Å². The third-order valence-electron chi connectivity index (χ3n) is 4.61. The van der Waals surface area contributed by atoms with Crippen LogP contribution in [0.5, 0.6) is 23.0 Å². The van der Waals surface area contributed by atoms with E-state index in [1.807, 2.05) is 26.0 Å². The SMILES string of the molecule is CCOc1cc2c(cc1CNC(=O)c1ccc(OCC(N)=O)c(OC)c1)O[C@H](C)C2. The van der Waals surface area contributed by atoms with Crippen molar-refractivity contribution in [2.24, 2.45) is 5.73 Å². The molecule has 1 aliphatic rings. The van der Waals surface area contributed by atoms with Gasteiger partial charge < -0.3 is 30.0 Å². The summed E-state index contributed by atoms with van der Waals surface area (Å²) in [6.07, 6.45) is 0.966. The highest BCUT2D eigenvalue weighted by atomic mass is 16.5. The second kappa shape index (κ2) is 9.39. The first-order valence-electron chi connectivity index (χ1n) is 9.73. The molecule has 1 atom stereocenters. The van der Waals surface area contributed by atoms with Gasteiger partial charge in [0.1, 0.15) is 17.6 Å². The quantitative estimate of drug-likeness (QED) is 0.651. The molecule has 2 aromatic rings. The summed E-state index contributed by atoms with van der Waals surface area (Å²) < 4.78 is 22.1. The number of fused-ring (bicyclic) bond motifs is 1. The molecule has 3 N–H and O–H groups in total. The van der Waals surface area contributed by atoms with Gasteiger partial charge in [-0.05, 0) is 44.2 Å². The highest BCUT2D eigenvalue weighted by Gasteiger charge is 2.22. The molecule has 0 aromatic heterocycles. The lowest BCUT2D eigenvalue weighted by Crippen LogP contribution is -2.23. The number of rotatable bonds is 9. The Morgan fingerprint density at radius 2 is 1.97 bits per heavy atom. The number of primary amides is 1. The average Bonchev–Trinajstić information content (AvgIpc) is 3.09. The molecule has 0 saturated heterocycles. The molecule has 160 valence electrons. The Bertz CT molecular complexity index is 943. The number of carbonyl (C=O) groups excluding carboxylic acids is 2. The number of hydrogen-bond donors (Lipinski definition) is 2. The van der Waals surface area contributed by atoms with Crippen molar-refractivity contribution in [1.82, 2.24) is 5.32 Å². The van der Waals surface area contributed by atoms with Crippen LogP contribution in [0.3, 0.4) is 0 Å². The van der Waals surface area contributed by atoms with E-state index >= 15 is 0 Å². The molecule has 0 radical (unpaired) electrons. The molecule has 0 spiro atoms. The molecular formula is C22H26N2O6. The number of amides is 2. The fourth-order valence-electron chi connectivity index (χ4n) is 3.26. The minimum atomic E-state index is -0.600. The van der Waals surface area contributed by atoms with Crippen molar-refractivity contribution < 1.29 is 28.5 Å². The molecule has 1 aliphatic heterocycles. The van der Waals surface area contributed by atoms with E-state index in [-0.39, 0.29) is 25.2 Å². The Kier molecular flexibility index (Phi) is 6.66. The molecule has 0 aliphatic carbocycles. The Morgan fingerprint density at radius 1 is 1.17 bits per heavy atom. The van der Waals surface area contributed by atoms with Crippen molar-refractivity contribution in [1.29, 1.82) is 0 Å². The van der Waals surface area contributed by atoms with Gasteiger partial charge in [0, 0.05) is 29.7 Å². The van der Waals surface area contributed by atoms with E-state index in [0.717, 1.165) is 29.0 Å². The molecule has 0 saturated carbocycles. The molecule has 1 heterocycles. The van der Waals surface area contributed by atoms with Gasteiger partial charge in [-0.1, -0.05) is 0 Å². The van der Waals surface area contributed by atoms with Crippen molar-refractivity contribution >= 4 is 11.8 Å². The lowest BCUT2D eigenvalue weighted by Gasteiger charge is -2.14. The first kappa shape index (κ1) is 21.3. The number of carbonyl (C=O) groups is 2. The summed E-state index contributed by atoms with van der Waals surface area (Å²) >= 11 is 0. The minimum absolute atomic E-state index is 0.127. The second-order valence-electron chi connectivity index (χ2n) is 6.94. The van der Waals surface area contributed by atoms with Gasteiger partial charge >= 0.3 is 0 Å². The average molecular weight is 414 g/mol. The summed E-state index contributed by atoms with van der Waals surface area (Å²) in [4.78, 5) is 23.6. The molecule has 3 rings (SSSR count). The zero-order chi connectivity index (χ0) is 21.7. The van der Waals surface area contributed by atoms with E-state index in [1.54, 1.807) is 18.2 Å².